The van der Waals surface area contributed by atoms with Gasteiger partial charge in [0.05, 0.1) is 12.3 Å². The van der Waals surface area contributed by atoms with Crippen LogP contribution in [0.3, 0.4) is 0 Å². The number of benzene rings is 1. The molecule has 0 bridgehead atoms. The van der Waals surface area contributed by atoms with E-state index >= 15 is 0 Å². The summed E-state index contributed by atoms with van der Waals surface area (Å²) >= 11 is 0. The Bertz CT molecular complexity index is 881. The Morgan fingerprint density at radius 1 is 1.31 bits per heavy atom. The van der Waals surface area contributed by atoms with Gasteiger partial charge >= 0.3 is 0 Å². The van der Waals surface area contributed by atoms with Gasteiger partial charge in [-0.1, -0.05) is 20.8 Å². The Morgan fingerprint density at radius 3 is 2.58 bits per heavy atom. The Hall–Kier alpha value is -2.37. The predicted molar refractivity (Wildman–Crippen MR) is 103 cm³/mol. The maximum Gasteiger partial charge on any atom is 0.252 e. The molecule has 0 spiro atoms. The van der Waals surface area contributed by atoms with E-state index in [1.807, 2.05) is 49.7 Å². The summed E-state index contributed by atoms with van der Waals surface area (Å²) in [5, 5.41) is 11.9. The van der Waals surface area contributed by atoms with Crippen molar-refractivity contribution in [1.82, 2.24) is 14.6 Å². The molecule has 0 aliphatic rings. The van der Waals surface area contributed by atoms with Gasteiger partial charge in [-0.05, 0) is 30.7 Å². The van der Waals surface area contributed by atoms with Crippen molar-refractivity contribution in [2.45, 2.75) is 39.8 Å². The third-order valence-electron chi connectivity index (χ3n) is 3.65. The van der Waals surface area contributed by atoms with Gasteiger partial charge in [0.15, 0.2) is 0 Å². The summed E-state index contributed by atoms with van der Waals surface area (Å²) in [5.41, 5.74) is 1.40. The van der Waals surface area contributed by atoms with Gasteiger partial charge in [-0.3, -0.25) is 4.79 Å². The SMILES string of the molecule is CC.CC[C@@H](Cn1ccc2cc(C(=O)NCC#N)ccc21)NS(C)(=O)=O. The van der Waals surface area contributed by atoms with Gasteiger partial charge in [0.2, 0.25) is 10.0 Å². The van der Waals surface area contributed by atoms with E-state index < -0.39 is 10.0 Å². The van der Waals surface area contributed by atoms with Crippen LogP contribution in [0.5, 0.6) is 0 Å². The lowest BCUT2D eigenvalue weighted by Crippen LogP contribution is -2.36. The van der Waals surface area contributed by atoms with Crippen LogP contribution in [0.4, 0.5) is 0 Å². The van der Waals surface area contributed by atoms with E-state index in [1.165, 1.54) is 0 Å². The molecule has 0 aliphatic heterocycles. The summed E-state index contributed by atoms with van der Waals surface area (Å²) < 4.78 is 27.4. The minimum Gasteiger partial charge on any atom is -0.346 e. The van der Waals surface area contributed by atoms with Crippen LogP contribution < -0.4 is 10.0 Å². The standard InChI is InChI=1S/C16H20N4O3S.C2H6/c1-3-14(19-24(2,22)23)11-20-9-6-12-10-13(4-5-15(12)20)16(21)18-8-7-17;1-2/h4-6,9-10,14,19H,3,8,11H2,1-2H3,(H,18,21);1-2H3/t14-;/m0./s1. The summed E-state index contributed by atoms with van der Waals surface area (Å²) in [7, 11) is -3.26. The van der Waals surface area contributed by atoms with Gasteiger partial charge in [-0.25, -0.2) is 13.1 Å². The second kappa shape index (κ2) is 9.94. The molecule has 0 unspecified atom stereocenters. The molecule has 1 aromatic heterocycles. The number of amides is 1. The first-order chi connectivity index (χ1) is 12.3. The van der Waals surface area contributed by atoms with Crippen molar-refractivity contribution < 1.29 is 13.2 Å². The molecule has 0 saturated carbocycles. The Kier molecular flexibility index (Phi) is 8.29. The lowest BCUT2D eigenvalue weighted by Gasteiger charge is -2.17. The molecule has 0 radical (unpaired) electrons. The van der Waals surface area contributed by atoms with Crippen LogP contribution in [-0.4, -0.2) is 37.7 Å². The first-order valence-electron chi connectivity index (χ1n) is 8.55. The average molecular weight is 378 g/mol. The van der Waals surface area contributed by atoms with E-state index in [1.54, 1.807) is 12.1 Å². The fourth-order valence-corrected chi connectivity index (χ4v) is 3.36. The number of fused-ring (bicyclic) bond motifs is 1. The highest BCUT2D eigenvalue weighted by molar-refractivity contribution is 7.88. The van der Waals surface area contributed by atoms with Crippen molar-refractivity contribution in [3.63, 3.8) is 0 Å². The maximum absolute atomic E-state index is 11.9. The first-order valence-corrected chi connectivity index (χ1v) is 10.4. The summed E-state index contributed by atoms with van der Waals surface area (Å²) in [4.78, 5) is 11.9. The van der Waals surface area contributed by atoms with Gasteiger partial charge in [-0.15, -0.1) is 0 Å². The van der Waals surface area contributed by atoms with Crippen LogP contribution in [0, 0.1) is 11.3 Å². The number of hydrogen-bond acceptors (Lipinski definition) is 4. The minimum absolute atomic E-state index is 0.0345. The second-order valence-electron chi connectivity index (χ2n) is 5.58. The Labute approximate surface area is 155 Å². The summed E-state index contributed by atoms with van der Waals surface area (Å²) in [6.45, 7) is 6.40. The zero-order valence-corrected chi connectivity index (χ0v) is 16.4. The first kappa shape index (κ1) is 21.7. The predicted octanol–water partition coefficient (Wildman–Crippen LogP) is 2.25. The van der Waals surface area contributed by atoms with Gasteiger partial charge in [0.25, 0.3) is 5.91 Å². The van der Waals surface area contributed by atoms with E-state index in [-0.39, 0.29) is 18.5 Å². The van der Waals surface area contributed by atoms with E-state index in [2.05, 4.69) is 10.0 Å². The Balaban J connectivity index is 0.00000163. The fourth-order valence-electron chi connectivity index (χ4n) is 2.51. The number of carbonyl (C=O) groups excluding carboxylic acids is 1. The molecule has 0 saturated heterocycles. The van der Waals surface area contributed by atoms with Crippen molar-refractivity contribution in [2.75, 3.05) is 12.8 Å². The molecular formula is C18H26N4O3S. The number of aromatic nitrogens is 1. The van der Waals surface area contributed by atoms with Crippen molar-refractivity contribution >= 4 is 26.8 Å². The minimum atomic E-state index is -3.26. The maximum atomic E-state index is 11.9. The van der Waals surface area contributed by atoms with Crippen LogP contribution in [0.25, 0.3) is 10.9 Å². The van der Waals surface area contributed by atoms with Gasteiger partial charge < -0.3 is 9.88 Å². The lowest BCUT2D eigenvalue weighted by atomic mass is 10.1. The smallest absolute Gasteiger partial charge is 0.252 e. The topological polar surface area (TPSA) is 104 Å². The molecule has 0 fully saturated rings. The van der Waals surface area contributed by atoms with Crippen LogP contribution in [0.2, 0.25) is 0 Å². The molecule has 1 atom stereocenters. The normalized spacial score (nSPS) is 12.0. The van der Waals surface area contributed by atoms with Crippen molar-refractivity contribution in [3.8, 4) is 6.07 Å². The summed E-state index contributed by atoms with van der Waals surface area (Å²) in [5.74, 6) is -0.295. The van der Waals surface area contributed by atoms with Crippen molar-refractivity contribution in [3.05, 3.63) is 36.0 Å². The lowest BCUT2D eigenvalue weighted by molar-refractivity contribution is 0.0958. The summed E-state index contributed by atoms with van der Waals surface area (Å²) in [6.07, 6.45) is 3.69. The van der Waals surface area contributed by atoms with Crippen LogP contribution in [0.15, 0.2) is 30.5 Å². The molecule has 7 nitrogen and oxygen atoms in total. The molecule has 8 heteroatoms. The van der Waals surface area contributed by atoms with Crippen LogP contribution in [-0.2, 0) is 16.6 Å². The molecule has 2 aromatic rings. The fraction of sp³-hybridized carbons (Fsp3) is 0.444. The van der Waals surface area contributed by atoms with Gasteiger partial charge in [0, 0.05) is 35.2 Å². The summed E-state index contributed by atoms with van der Waals surface area (Å²) in [6, 6.07) is 8.81. The quantitative estimate of drug-likeness (QED) is 0.721. The molecule has 2 N–H and O–H groups in total. The molecule has 1 aromatic carbocycles. The molecule has 1 amide bonds. The molecule has 0 aliphatic carbocycles. The second-order valence-corrected chi connectivity index (χ2v) is 7.36. The van der Waals surface area contributed by atoms with Crippen molar-refractivity contribution in [1.29, 1.82) is 5.26 Å². The molecule has 142 valence electrons. The highest BCUT2D eigenvalue weighted by Crippen LogP contribution is 2.18. The monoisotopic (exact) mass is 378 g/mol. The zero-order valence-electron chi connectivity index (χ0n) is 15.6. The number of nitriles is 1. The highest BCUT2D eigenvalue weighted by atomic mass is 32.2. The average Bonchev–Trinajstić information content (AvgIpc) is 3.01. The number of nitrogens with zero attached hydrogens (tertiary/aromatic N) is 2. The number of sulfonamides is 1. The third kappa shape index (κ3) is 6.17. The molecule has 26 heavy (non-hydrogen) atoms. The highest BCUT2D eigenvalue weighted by Gasteiger charge is 2.14. The number of carbonyl (C=O) groups is 1. The van der Waals surface area contributed by atoms with E-state index in [0.717, 1.165) is 17.2 Å². The number of rotatable bonds is 7. The van der Waals surface area contributed by atoms with E-state index in [0.29, 0.717) is 18.5 Å². The number of nitrogens with one attached hydrogen (secondary N) is 2. The van der Waals surface area contributed by atoms with E-state index in [9.17, 15) is 13.2 Å². The molecular weight excluding hydrogens is 352 g/mol. The van der Waals surface area contributed by atoms with E-state index in [4.69, 9.17) is 5.26 Å². The van der Waals surface area contributed by atoms with Crippen LogP contribution >= 0.6 is 0 Å². The Morgan fingerprint density at radius 2 is 2.00 bits per heavy atom. The zero-order chi connectivity index (χ0) is 19.7. The number of hydrogen-bond donors (Lipinski definition) is 2. The molecule has 1 heterocycles. The van der Waals surface area contributed by atoms with Gasteiger partial charge in [0.1, 0.15) is 6.54 Å². The largest absolute Gasteiger partial charge is 0.346 e. The molecule has 2 rings (SSSR count). The van der Waals surface area contributed by atoms with Crippen LogP contribution in [0.1, 0.15) is 37.6 Å². The van der Waals surface area contributed by atoms with Crippen molar-refractivity contribution in [2.24, 2.45) is 0 Å². The third-order valence-corrected chi connectivity index (χ3v) is 4.41. The van der Waals surface area contributed by atoms with Gasteiger partial charge in [-0.2, -0.15) is 5.26 Å².